The van der Waals surface area contributed by atoms with Gasteiger partial charge in [-0.25, -0.2) is 0 Å². The first-order chi connectivity index (χ1) is 4.27. The van der Waals surface area contributed by atoms with Gasteiger partial charge in [0.2, 0.25) is 5.91 Å². The van der Waals surface area contributed by atoms with Gasteiger partial charge in [0, 0.05) is 5.92 Å². The van der Waals surface area contributed by atoms with Gasteiger partial charge in [0.1, 0.15) is 0 Å². The Bertz CT molecular complexity index is 145. The summed E-state index contributed by atoms with van der Waals surface area (Å²) in [6.07, 6.45) is 3.53. The molecule has 0 aliphatic heterocycles. The van der Waals surface area contributed by atoms with Crippen molar-refractivity contribution in [3.05, 3.63) is 0 Å². The van der Waals surface area contributed by atoms with Crippen molar-refractivity contribution in [2.45, 2.75) is 19.3 Å². The smallest absolute Gasteiger partial charge is 0.220 e. The summed E-state index contributed by atoms with van der Waals surface area (Å²) in [5, 5.41) is 0. The second kappa shape index (κ2) is 1.49. The van der Waals surface area contributed by atoms with E-state index in [1.807, 2.05) is 0 Å². The Morgan fingerprint density at radius 3 is 2.11 bits per heavy atom. The molecule has 2 aliphatic rings. The Morgan fingerprint density at radius 2 is 1.78 bits per heavy atom. The van der Waals surface area contributed by atoms with Crippen molar-refractivity contribution < 1.29 is 4.79 Å². The summed E-state index contributed by atoms with van der Waals surface area (Å²) < 4.78 is 0. The summed E-state index contributed by atoms with van der Waals surface area (Å²) in [7, 11) is 0. The molecular weight excluding hydrogens is 114 g/mol. The first kappa shape index (κ1) is 5.27. The van der Waals surface area contributed by atoms with Gasteiger partial charge in [-0.05, 0) is 31.1 Å². The van der Waals surface area contributed by atoms with Crippen molar-refractivity contribution in [2.75, 3.05) is 0 Å². The fraction of sp³-hybridized carbons (Fsp3) is 0.857. The van der Waals surface area contributed by atoms with Gasteiger partial charge in [-0.3, -0.25) is 4.79 Å². The number of hydrogen-bond donors (Lipinski definition) is 1. The molecule has 0 radical (unpaired) electrons. The number of nitrogens with two attached hydrogens (primary N) is 1. The molecular formula is C7H11NO. The topological polar surface area (TPSA) is 43.1 Å². The standard InChI is InChI=1S/C7H11NO/c8-7(9)6-2-4-1-5(4)3-6/h4-6H,1-3H2,(H2,8,9). The fourth-order valence-corrected chi connectivity index (χ4v) is 1.95. The number of primary amides is 1. The van der Waals surface area contributed by atoms with Crippen molar-refractivity contribution in [2.24, 2.45) is 23.5 Å². The van der Waals surface area contributed by atoms with Crippen LogP contribution in [0.2, 0.25) is 0 Å². The minimum Gasteiger partial charge on any atom is -0.369 e. The third-order valence-corrected chi connectivity index (χ3v) is 2.65. The van der Waals surface area contributed by atoms with Gasteiger partial charge in [0.05, 0.1) is 0 Å². The van der Waals surface area contributed by atoms with Gasteiger partial charge in [-0.15, -0.1) is 0 Å². The molecule has 50 valence electrons. The molecule has 2 aliphatic carbocycles. The Hall–Kier alpha value is -0.530. The third kappa shape index (κ3) is 0.732. The predicted octanol–water partition coefficient (Wildman–Crippen LogP) is 0.518. The van der Waals surface area contributed by atoms with Gasteiger partial charge in [0.25, 0.3) is 0 Å². The van der Waals surface area contributed by atoms with E-state index in [-0.39, 0.29) is 11.8 Å². The Balaban J connectivity index is 1.97. The number of rotatable bonds is 1. The number of hydrogen-bond acceptors (Lipinski definition) is 1. The van der Waals surface area contributed by atoms with Crippen LogP contribution in [0.5, 0.6) is 0 Å². The lowest BCUT2D eigenvalue weighted by Gasteiger charge is -2.03. The number of carbonyl (C=O) groups excluding carboxylic acids is 1. The predicted molar refractivity (Wildman–Crippen MR) is 33.5 cm³/mol. The number of fused-ring (bicyclic) bond motifs is 1. The van der Waals surface area contributed by atoms with Crippen LogP contribution in [0.25, 0.3) is 0 Å². The molecule has 0 aromatic rings. The SMILES string of the molecule is NC(=O)C1CC2CC2C1. The Kier molecular flexibility index (Phi) is 0.875. The molecule has 1 amide bonds. The molecule has 0 aromatic carbocycles. The highest BCUT2D eigenvalue weighted by Crippen LogP contribution is 2.54. The van der Waals surface area contributed by atoms with E-state index in [0.29, 0.717) is 0 Å². The zero-order chi connectivity index (χ0) is 6.43. The van der Waals surface area contributed by atoms with Crippen molar-refractivity contribution in [3.8, 4) is 0 Å². The molecule has 2 heteroatoms. The Morgan fingerprint density at radius 1 is 1.22 bits per heavy atom. The quantitative estimate of drug-likeness (QED) is 0.545. The van der Waals surface area contributed by atoms with Crippen LogP contribution in [-0.4, -0.2) is 5.91 Å². The van der Waals surface area contributed by atoms with E-state index in [0.717, 1.165) is 24.7 Å². The molecule has 2 atom stereocenters. The molecule has 2 nitrogen and oxygen atoms in total. The third-order valence-electron chi connectivity index (χ3n) is 2.65. The van der Waals surface area contributed by atoms with E-state index in [4.69, 9.17) is 5.73 Å². The maximum absolute atomic E-state index is 10.6. The van der Waals surface area contributed by atoms with E-state index in [9.17, 15) is 4.79 Å². The van der Waals surface area contributed by atoms with Gasteiger partial charge < -0.3 is 5.73 Å². The highest BCUT2D eigenvalue weighted by Gasteiger charge is 2.47. The summed E-state index contributed by atoms with van der Waals surface area (Å²) in [5.41, 5.74) is 5.14. The second-order valence-electron chi connectivity index (χ2n) is 3.33. The minimum atomic E-state index is -0.0813. The molecule has 0 saturated heterocycles. The lowest BCUT2D eigenvalue weighted by atomic mass is 10.0. The average Bonchev–Trinajstić information content (AvgIpc) is 2.40. The van der Waals surface area contributed by atoms with Crippen LogP contribution in [0.15, 0.2) is 0 Å². The van der Waals surface area contributed by atoms with E-state index in [2.05, 4.69) is 0 Å². The van der Waals surface area contributed by atoms with Crippen LogP contribution in [0.3, 0.4) is 0 Å². The normalized spacial score (nSPS) is 46.4. The fourth-order valence-electron chi connectivity index (χ4n) is 1.95. The van der Waals surface area contributed by atoms with Crippen molar-refractivity contribution in [3.63, 3.8) is 0 Å². The minimum absolute atomic E-state index is 0.0813. The van der Waals surface area contributed by atoms with Gasteiger partial charge in [-0.1, -0.05) is 0 Å². The first-order valence-corrected chi connectivity index (χ1v) is 3.56. The van der Waals surface area contributed by atoms with Crippen LogP contribution >= 0.6 is 0 Å². The zero-order valence-corrected chi connectivity index (χ0v) is 5.34. The van der Waals surface area contributed by atoms with Gasteiger partial charge >= 0.3 is 0 Å². The monoisotopic (exact) mass is 125 g/mol. The van der Waals surface area contributed by atoms with Crippen LogP contribution < -0.4 is 5.73 Å². The highest BCUT2D eigenvalue weighted by molar-refractivity contribution is 5.77. The average molecular weight is 125 g/mol. The second-order valence-corrected chi connectivity index (χ2v) is 3.33. The molecule has 0 bridgehead atoms. The zero-order valence-electron chi connectivity index (χ0n) is 5.34. The maximum Gasteiger partial charge on any atom is 0.220 e. The largest absolute Gasteiger partial charge is 0.369 e. The maximum atomic E-state index is 10.6. The number of carbonyl (C=O) groups is 1. The van der Waals surface area contributed by atoms with Crippen molar-refractivity contribution in [1.29, 1.82) is 0 Å². The Labute approximate surface area is 54.4 Å². The van der Waals surface area contributed by atoms with E-state index in [1.165, 1.54) is 6.42 Å². The summed E-state index contributed by atoms with van der Waals surface area (Å²) >= 11 is 0. The molecule has 2 rings (SSSR count). The van der Waals surface area contributed by atoms with Gasteiger partial charge in [0.15, 0.2) is 0 Å². The number of amides is 1. The highest BCUT2D eigenvalue weighted by atomic mass is 16.1. The van der Waals surface area contributed by atoms with Crippen LogP contribution in [0.4, 0.5) is 0 Å². The molecule has 9 heavy (non-hydrogen) atoms. The van der Waals surface area contributed by atoms with Crippen LogP contribution in [-0.2, 0) is 4.79 Å². The summed E-state index contributed by atoms with van der Waals surface area (Å²) in [6.45, 7) is 0. The molecule has 2 saturated carbocycles. The first-order valence-electron chi connectivity index (χ1n) is 3.56. The summed E-state index contributed by atoms with van der Waals surface area (Å²) in [6, 6.07) is 0. The molecule has 0 spiro atoms. The lowest BCUT2D eigenvalue weighted by Crippen LogP contribution is -2.21. The molecule has 0 aromatic heterocycles. The molecule has 2 fully saturated rings. The van der Waals surface area contributed by atoms with E-state index in [1.54, 1.807) is 0 Å². The summed E-state index contributed by atoms with van der Waals surface area (Å²) in [4.78, 5) is 10.6. The van der Waals surface area contributed by atoms with Crippen LogP contribution in [0.1, 0.15) is 19.3 Å². The van der Waals surface area contributed by atoms with Gasteiger partial charge in [-0.2, -0.15) is 0 Å². The molecule has 2 unspecified atom stereocenters. The molecule has 2 N–H and O–H groups in total. The van der Waals surface area contributed by atoms with Crippen molar-refractivity contribution in [1.82, 2.24) is 0 Å². The van der Waals surface area contributed by atoms with E-state index < -0.39 is 0 Å². The van der Waals surface area contributed by atoms with Crippen molar-refractivity contribution >= 4 is 5.91 Å². The van der Waals surface area contributed by atoms with E-state index >= 15 is 0 Å². The lowest BCUT2D eigenvalue weighted by molar-refractivity contribution is -0.121. The summed E-state index contributed by atoms with van der Waals surface area (Å²) in [5.74, 6) is 1.90. The molecule has 0 heterocycles. The van der Waals surface area contributed by atoms with Crippen LogP contribution in [0, 0.1) is 17.8 Å².